The van der Waals surface area contributed by atoms with Gasteiger partial charge in [0.25, 0.3) is 0 Å². The van der Waals surface area contributed by atoms with Gasteiger partial charge in [-0.3, -0.25) is 4.79 Å². The van der Waals surface area contributed by atoms with Crippen LogP contribution in [-0.2, 0) is 0 Å². The lowest BCUT2D eigenvalue weighted by Gasteiger charge is -2.41. The van der Waals surface area contributed by atoms with Gasteiger partial charge in [-0.25, -0.2) is 0 Å². The highest BCUT2D eigenvalue weighted by molar-refractivity contribution is 9.26. The molecule has 1 aromatic rings. The number of rotatable bonds is 1. The van der Waals surface area contributed by atoms with Crippen molar-refractivity contribution in [2.45, 2.75) is 22.7 Å². The molecule has 3 nitrogen and oxygen atoms in total. The van der Waals surface area contributed by atoms with Crippen molar-refractivity contribution in [3.05, 3.63) is 23.8 Å². The van der Waals surface area contributed by atoms with Gasteiger partial charge in [0, 0.05) is 6.07 Å². The maximum Gasteiger partial charge on any atom is 0.198 e. The Morgan fingerprint density at radius 2 is 1.94 bits per heavy atom. The first-order valence-corrected chi connectivity index (χ1v) is 6.68. The lowest BCUT2D eigenvalue weighted by molar-refractivity contribution is 0.0619. The molecule has 0 amide bonds. The maximum atomic E-state index is 12.3. The van der Waals surface area contributed by atoms with E-state index in [4.69, 9.17) is 9.47 Å². The molecule has 0 aliphatic carbocycles. The highest BCUT2D eigenvalue weighted by Gasteiger charge is 2.53. The first kappa shape index (κ1) is 12.9. The fourth-order valence-electron chi connectivity index (χ4n) is 1.68. The quantitative estimate of drug-likeness (QED) is 0.716. The monoisotopic (exact) mass is 362 g/mol. The minimum absolute atomic E-state index is 0.0496. The number of hydrogen-bond acceptors (Lipinski definition) is 3. The van der Waals surface area contributed by atoms with Gasteiger partial charge in [-0.15, -0.1) is 0 Å². The van der Waals surface area contributed by atoms with Gasteiger partial charge in [-0.05, 0) is 26.0 Å². The lowest BCUT2D eigenvalue weighted by atomic mass is 9.92. The van der Waals surface area contributed by atoms with E-state index in [1.165, 1.54) is 0 Å². The number of ether oxygens (including phenoxy) is 2. The molecule has 0 saturated carbocycles. The second-order valence-corrected chi connectivity index (χ2v) is 7.82. The Hall–Kier alpha value is -0.550. The van der Waals surface area contributed by atoms with E-state index in [0.29, 0.717) is 17.1 Å². The minimum Gasteiger partial charge on any atom is -0.497 e. The van der Waals surface area contributed by atoms with Gasteiger partial charge in [-0.2, -0.15) is 0 Å². The van der Waals surface area contributed by atoms with E-state index in [2.05, 4.69) is 31.9 Å². The molecule has 92 valence electrons. The molecule has 1 aromatic carbocycles. The molecule has 1 heterocycles. The summed E-state index contributed by atoms with van der Waals surface area (Å²) >= 11 is 6.79. The van der Waals surface area contributed by atoms with E-state index in [0.717, 1.165) is 0 Å². The van der Waals surface area contributed by atoms with E-state index in [9.17, 15) is 4.79 Å². The van der Waals surface area contributed by atoms with E-state index >= 15 is 0 Å². The molecule has 0 saturated heterocycles. The summed E-state index contributed by atoms with van der Waals surface area (Å²) in [6.07, 6.45) is 0. The minimum atomic E-state index is -0.908. The highest BCUT2D eigenvalue weighted by atomic mass is 79.9. The summed E-state index contributed by atoms with van der Waals surface area (Å²) in [4.78, 5) is 12.3. The second kappa shape index (κ2) is 3.99. The Labute approximate surface area is 117 Å². The molecule has 5 heteroatoms. The van der Waals surface area contributed by atoms with Gasteiger partial charge in [-0.1, -0.05) is 31.9 Å². The Balaban J connectivity index is 2.57. The summed E-state index contributed by atoms with van der Waals surface area (Å²) in [5.41, 5.74) is -0.150. The predicted octanol–water partition coefficient (Wildman–Crippen LogP) is 3.54. The number of carbonyl (C=O) groups excluding carboxylic acids is 1. The number of hydrogen-bond donors (Lipinski definition) is 0. The van der Waals surface area contributed by atoms with Crippen molar-refractivity contribution in [2.75, 3.05) is 7.11 Å². The zero-order valence-electron chi connectivity index (χ0n) is 9.71. The van der Waals surface area contributed by atoms with Crippen molar-refractivity contribution in [2.24, 2.45) is 0 Å². The Morgan fingerprint density at radius 1 is 1.29 bits per heavy atom. The van der Waals surface area contributed by atoms with Gasteiger partial charge in [0.2, 0.25) is 0 Å². The Morgan fingerprint density at radius 3 is 2.53 bits per heavy atom. The van der Waals surface area contributed by atoms with Crippen LogP contribution >= 0.6 is 31.9 Å². The average Bonchev–Trinajstić information content (AvgIpc) is 2.25. The van der Waals surface area contributed by atoms with Gasteiger partial charge >= 0.3 is 0 Å². The van der Waals surface area contributed by atoms with Crippen LogP contribution in [0.1, 0.15) is 24.2 Å². The third kappa shape index (κ3) is 1.89. The van der Waals surface area contributed by atoms with Crippen LogP contribution in [0, 0.1) is 0 Å². The van der Waals surface area contributed by atoms with Crippen molar-refractivity contribution >= 4 is 37.6 Å². The molecule has 0 aromatic heterocycles. The summed E-state index contributed by atoms with van der Waals surface area (Å²) in [5, 5.41) is 0. The second-order valence-electron chi connectivity index (χ2n) is 4.38. The SMILES string of the molecule is COc1ccc2c(c1)OC(C)(C)C(Br)(Br)C2=O. The highest BCUT2D eigenvalue weighted by Crippen LogP contribution is 2.49. The topological polar surface area (TPSA) is 35.5 Å². The molecule has 0 fully saturated rings. The molecule has 0 bridgehead atoms. The first-order chi connectivity index (χ1) is 7.79. The smallest absolute Gasteiger partial charge is 0.198 e. The standard InChI is InChI=1S/C12H12Br2O3/c1-11(2)12(13,14)10(15)8-5-4-7(16-3)6-9(8)17-11/h4-6H,1-3H3. The predicted molar refractivity (Wildman–Crippen MR) is 72.6 cm³/mol. The van der Waals surface area contributed by atoms with Crippen molar-refractivity contribution in [3.63, 3.8) is 0 Å². The zero-order valence-corrected chi connectivity index (χ0v) is 12.9. The molecular weight excluding hydrogens is 352 g/mol. The zero-order chi connectivity index (χ0) is 12.8. The molecule has 0 unspecified atom stereocenters. The fraction of sp³-hybridized carbons (Fsp3) is 0.417. The van der Waals surface area contributed by atoms with E-state index in [1.54, 1.807) is 25.3 Å². The number of Topliss-reactive ketones (excluding diaryl/α,β-unsaturated/α-hetero) is 1. The molecule has 17 heavy (non-hydrogen) atoms. The van der Waals surface area contributed by atoms with Crippen LogP contribution < -0.4 is 9.47 Å². The number of benzene rings is 1. The average molecular weight is 364 g/mol. The Bertz CT molecular complexity index is 481. The molecule has 0 radical (unpaired) electrons. The molecule has 0 atom stereocenters. The number of halogens is 2. The van der Waals surface area contributed by atoms with Crippen LogP contribution in [0.2, 0.25) is 0 Å². The van der Waals surface area contributed by atoms with Gasteiger partial charge in [0.1, 0.15) is 17.1 Å². The fourth-order valence-corrected chi connectivity index (χ4v) is 2.27. The molecule has 1 aliphatic heterocycles. The van der Waals surface area contributed by atoms with E-state index in [1.807, 2.05) is 13.8 Å². The van der Waals surface area contributed by atoms with Crippen LogP contribution in [0.4, 0.5) is 0 Å². The third-order valence-electron chi connectivity index (χ3n) is 2.84. The first-order valence-electron chi connectivity index (χ1n) is 5.09. The summed E-state index contributed by atoms with van der Waals surface area (Å²) in [6.45, 7) is 3.69. The van der Waals surface area contributed by atoms with Crippen LogP contribution in [0.25, 0.3) is 0 Å². The number of methoxy groups -OCH3 is 1. The largest absolute Gasteiger partial charge is 0.497 e. The van der Waals surface area contributed by atoms with Gasteiger partial charge in [0.05, 0.1) is 12.7 Å². The lowest BCUT2D eigenvalue weighted by Crippen LogP contribution is -2.53. The van der Waals surface area contributed by atoms with Gasteiger partial charge in [0.15, 0.2) is 9.02 Å². The van der Waals surface area contributed by atoms with Crippen LogP contribution in [0.15, 0.2) is 18.2 Å². The number of alkyl halides is 2. The summed E-state index contributed by atoms with van der Waals surface area (Å²) in [5.74, 6) is 1.17. The summed E-state index contributed by atoms with van der Waals surface area (Å²) < 4.78 is 10.1. The van der Waals surface area contributed by atoms with E-state index < -0.39 is 8.83 Å². The summed E-state index contributed by atoms with van der Waals surface area (Å²) in [6, 6.07) is 5.18. The van der Waals surface area contributed by atoms with Crippen LogP contribution in [0.5, 0.6) is 11.5 Å². The van der Waals surface area contributed by atoms with Gasteiger partial charge < -0.3 is 9.47 Å². The molecule has 2 rings (SSSR count). The van der Waals surface area contributed by atoms with Crippen molar-refractivity contribution < 1.29 is 14.3 Å². The maximum absolute atomic E-state index is 12.3. The van der Waals surface area contributed by atoms with Crippen molar-refractivity contribution in [1.29, 1.82) is 0 Å². The molecule has 0 N–H and O–H groups in total. The molecular formula is C12H12Br2O3. The molecule has 0 spiro atoms. The normalized spacial score (nSPS) is 20.4. The summed E-state index contributed by atoms with van der Waals surface area (Å²) in [7, 11) is 1.58. The Kier molecular flexibility index (Phi) is 3.02. The van der Waals surface area contributed by atoms with Crippen LogP contribution in [0.3, 0.4) is 0 Å². The van der Waals surface area contributed by atoms with E-state index in [-0.39, 0.29) is 5.78 Å². The third-order valence-corrected chi connectivity index (χ3v) is 5.47. The number of carbonyl (C=O) groups is 1. The van der Waals surface area contributed by atoms with Crippen molar-refractivity contribution in [1.82, 2.24) is 0 Å². The molecule has 1 aliphatic rings. The van der Waals surface area contributed by atoms with Crippen LogP contribution in [-0.4, -0.2) is 21.7 Å². The number of ketones is 1. The van der Waals surface area contributed by atoms with Crippen molar-refractivity contribution in [3.8, 4) is 11.5 Å². The number of fused-ring (bicyclic) bond motifs is 1.